The molecule has 0 spiro atoms. The molecule has 1 aromatic rings. The van der Waals surface area contributed by atoms with Crippen molar-refractivity contribution in [1.82, 2.24) is 5.32 Å². The number of carbonyl (C=O) groups excluding carboxylic acids is 1. The highest BCUT2D eigenvalue weighted by atomic mass is 79.9. The zero-order valence-electron chi connectivity index (χ0n) is 13.4. The molecule has 0 aliphatic carbocycles. The van der Waals surface area contributed by atoms with Gasteiger partial charge in [-0.25, -0.2) is 4.79 Å². The minimum atomic E-state index is -0.308. The van der Waals surface area contributed by atoms with Crippen molar-refractivity contribution in [2.75, 3.05) is 7.11 Å². The van der Waals surface area contributed by atoms with E-state index in [9.17, 15) is 4.79 Å². The van der Waals surface area contributed by atoms with Crippen molar-refractivity contribution in [3.8, 4) is 0 Å². The van der Waals surface area contributed by atoms with Gasteiger partial charge in [0.1, 0.15) is 0 Å². The van der Waals surface area contributed by atoms with E-state index in [0.29, 0.717) is 11.6 Å². The molecular weight excluding hydrogens is 330 g/mol. The number of methoxy groups -OCH3 is 1. The first-order valence-electron chi connectivity index (χ1n) is 7.54. The van der Waals surface area contributed by atoms with Crippen molar-refractivity contribution in [1.29, 1.82) is 0 Å². The molecule has 4 heteroatoms. The van der Waals surface area contributed by atoms with Gasteiger partial charge in [0.25, 0.3) is 0 Å². The maximum Gasteiger partial charge on any atom is 0.337 e. The molecule has 0 saturated carbocycles. The van der Waals surface area contributed by atoms with Gasteiger partial charge in [0.05, 0.1) is 12.7 Å². The number of carbonyl (C=O) groups is 1. The maximum absolute atomic E-state index is 11.5. The Bertz CT molecular complexity index is 460. The Morgan fingerprint density at radius 3 is 2.57 bits per heavy atom. The highest BCUT2D eigenvalue weighted by molar-refractivity contribution is 9.10. The summed E-state index contributed by atoms with van der Waals surface area (Å²) in [6, 6.07) is 6.07. The van der Waals surface area contributed by atoms with E-state index in [1.807, 2.05) is 12.1 Å². The molecule has 0 aliphatic rings. The van der Waals surface area contributed by atoms with Gasteiger partial charge in [0, 0.05) is 17.1 Å². The van der Waals surface area contributed by atoms with Crippen LogP contribution in [-0.4, -0.2) is 19.1 Å². The van der Waals surface area contributed by atoms with Crippen molar-refractivity contribution in [3.63, 3.8) is 0 Å². The third-order valence-electron chi connectivity index (χ3n) is 3.53. The number of halogens is 1. The Hall–Kier alpha value is -0.870. The van der Waals surface area contributed by atoms with Gasteiger partial charge in [0.2, 0.25) is 0 Å². The van der Waals surface area contributed by atoms with Crippen LogP contribution in [-0.2, 0) is 11.3 Å². The van der Waals surface area contributed by atoms with Gasteiger partial charge >= 0.3 is 5.97 Å². The summed E-state index contributed by atoms with van der Waals surface area (Å²) in [4.78, 5) is 11.5. The molecule has 3 nitrogen and oxygen atoms in total. The first-order chi connectivity index (χ1) is 9.93. The largest absolute Gasteiger partial charge is 0.465 e. The first-order valence-corrected chi connectivity index (χ1v) is 8.33. The lowest BCUT2D eigenvalue weighted by Crippen LogP contribution is -2.25. The van der Waals surface area contributed by atoms with Crippen LogP contribution >= 0.6 is 15.9 Å². The SMILES string of the molecule is COC(=O)c1ccc(CNC(C)CCCC(C)C)c(Br)c1. The van der Waals surface area contributed by atoms with E-state index >= 15 is 0 Å². The summed E-state index contributed by atoms with van der Waals surface area (Å²) in [6.07, 6.45) is 3.73. The third-order valence-corrected chi connectivity index (χ3v) is 4.27. The lowest BCUT2D eigenvalue weighted by Gasteiger charge is -2.15. The monoisotopic (exact) mass is 355 g/mol. The summed E-state index contributed by atoms with van der Waals surface area (Å²) in [5, 5.41) is 3.53. The molecule has 1 N–H and O–H groups in total. The lowest BCUT2D eigenvalue weighted by atomic mass is 10.0. The molecule has 0 heterocycles. The van der Waals surface area contributed by atoms with Gasteiger partial charge in [-0.3, -0.25) is 0 Å². The van der Waals surface area contributed by atoms with E-state index in [0.717, 1.165) is 22.5 Å². The minimum absolute atomic E-state index is 0.308. The second kappa shape index (κ2) is 9.21. The van der Waals surface area contributed by atoms with Gasteiger partial charge in [-0.2, -0.15) is 0 Å². The molecule has 0 amide bonds. The number of ether oxygens (including phenoxy) is 1. The number of nitrogens with one attached hydrogen (secondary N) is 1. The summed E-state index contributed by atoms with van der Waals surface area (Å²) in [6.45, 7) is 7.54. The van der Waals surface area contributed by atoms with E-state index in [1.54, 1.807) is 6.07 Å². The quantitative estimate of drug-likeness (QED) is 0.695. The second-order valence-electron chi connectivity index (χ2n) is 5.90. The van der Waals surface area contributed by atoms with Gasteiger partial charge in [-0.15, -0.1) is 0 Å². The Kier molecular flexibility index (Phi) is 7.97. The smallest absolute Gasteiger partial charge is 0.337 e. The van der Waals surface area contributed by atoms with Crippen molar-refractivity contribution in [3.05, 3.63) is 33.8 Å². The van der Waals surface area contributed by atoms with Gasteiger partial charge < -0.3 is 10.1 Å². The summed E-state index contributed by atoms with van der Waals surface area (Å²) < 4.78 is 5.65. The number of benzene rings is 1. The highest BCUT2D eigenvalue weighted by Crippen LogP contribution is 2.19. The maximum atomic E-state index is 11.5. The molecule has 0 bridgehead atoms. The molecule has 1 rings (SSSR count). The Labute approximate surface area is 136 Å². The molecule has 0 radical (unpaired) electrons. The summed E-state index contributed by atoms with van der Waals surface area (Å²) in [5.41, 5.74) is 1.72. The molecular formula is C17H26BrNO2. The average Bonchev–Trinajstić information content (AvgIpc) is 2.44. The van der Waals surface area contributed by atoms with Gasteiger partial charge in [0.15, 0.2) is 0 Å². The summed E-state index contributed by atoms with van der Waals surface area (Å²) in [7, 11) is 1.39. The number of rotatable bonds is 8. The van der Waals surface area contributed by atoms with E-state index in [1.165, 1.54) is 26.4 Å². The predicted octanol–water partition coefficient (Wildman–Crippen LogP) is 4.54. The molecule has 0 saturated heterocycles. The number of esters is 1. The van der Waals surface area contributed by atoms with Crippen molar-refractivity contribution in [2.45, 2.75) is 52.6 Å². The number of hydrogen-bond donors (Lipinski definition) is 1. The normalized spacial score (nSPS) is 12.5. The van der Waals surface area contributed by atoms with E-state index < -0.39 is 0 Å². The Balaban J connectivity index is 2.46. The molecule has 0 fully saturated rings. The third kappa shape index (κ3) is 6.62. The molecule has 0 aromatic heterocycles. The fraction of sp³-hybridized carbons (Fsp3) is 0.588. The van der Waals surface area contributed by atoms with Crippen molar-refractivity contribution >= 4 is 21.9 Å². The van der Waals surface area contributed by atoms with Gasteiger partial charge in [-0.1, -0.05) is 48.7 Å². The molecule has 1 unspecified atom stereocenters. The zero-order valence-corrected chi connectivity index (χ0v) is 15.0. The van der Waals surface area contributed by atoms with E-state index in [2.05, 4.69) is 42.0 Å². The van der Waals surface area contributed by atoms with E-state index in [-0.39, 0.29) is 5.97 Å². The molecule has 21 heavy (non-hydrogen) atoms. The van der Waals surface area contributed by atoms with Crippen LogP contribution in [0.5, 0.6) is 0 Å². The molecule has 1 aromatic carbocycles. The van der Waals surface area contributed by atoms with Crippen LogP contribution in [0.3, 0.4) is 0 Å². The fourth-order valence-electron chi connectivity index (χ4n) is 2.15. The van der Waals surface area contributed by atoms with Crippen molar-refractivity contribution < 1.29 is 9.53 Å². The molecule has 1 atom stereocenters. The highest BCUT2D eigenvalue weighted by Gasteiger charge is 2.09. The van der Waals surface area contributed by atoms with Crippen LogP contribution in [0.1, 0.15) is 56.0 Å². The van der Waals surface area contributed by atoms with Crippen LogP contribution in [0.25, 0.3) is 0 Å². The van der Waals surface area contributed by atoms with Crippen LogP contribution in [0, 0.1) is 5.92 Å². The summed E-state index contributed by atoms with van der Waals surface area (Å²) in [5.74, 6) is 0.467. The molecule has 118 valence electrons. The summed E-state index contributed by atoms with van der Waals surface area (Å²) >= 11 is 3.52. The fourth-order valence-corrected chi connectivity index (χ4v) is 2.67. The first kappa shape index (κ1) is 18.2. The topological polar surface area (TPSA) is 38.3 Å². The second-order valence-corrected chi connectivity index (χ2v) is 6.76. The zero-order chi connectivity index (χ0) is 15.8. The Morgan fingerprint density at radius 2 is 2.00 bits per heavy atom. The average molecular weight is 356 g/mol. The van der Waals surface area contributed by atoms with Crippen molar-refractivity contribution in [2.24, 2.45) is 5.92 Å². The predicted molar refractivity (Wildman–Crippen MR) is 90.5 cm³/mol. The minimum Gasteiger partial charge on any atom is -0.465 e. The van der Waals surface area contributed by atoms with Crippen LogP contribution in [0.4, 0.5) is 0 Å². The molecule has 0 aliphatic heterocycles. The van der Waals surface area contributed by atoms with Crippen LogP contribution in [0.15, 0.2) is 22.7 Å². The number of hydrogen-bond acceptors (Lipinski definition) is 3. The van der Waals surface area contributed by atoms with Crippen LogP contribution in [0.2, 0.25) is 0 Å². The van der Waals surface area contributed by atoms with Gasteiger partial charge in [-0.05, 0) is 37.0 Å². The Morgan fingerprint density at radius 1 is 1.29 bits per heavy atom. The van der Waals surface area contributed by atoms with E-state index in [4.69, 9.17) is 4.74 Å². The lowest BCUT2D eigenvalue weighted by molar-refractivity contribution is 0.0600. The standard InChI is InChI=1S/C17H26BrNO2/c1-12(2)6-5-7-13(3)19-11-15-9-8-14(10-16(15)18)17(20)21-4/h8-10,12-13,19H,5-7,11H2,1-4H3. The van der Waals surface area contributed by atoms with Crippen LogP contribution < -0.4 is 5.32 Å².